The summed E-state index contributed by atoms with van der Waals surface area (Å²) in [6.45, 7) is 2.20. The zero-order valence-corrected chi connectivity index (χ0v) is 19.3. The topological polar surface area (TPSA) is 92.8 Å². The lowest BCUT2D eigenvalue weighted by atomic mass is 10.1. The summed E-state index contributed by atoms with van der Waals surface area (Å²) in [4.78, 5) is 24.0. The first-order valence-electron chi connectivity index (χ1n) is 10.4. The molecular formula is C25H26N2O5S. The number of ether oxygens (including phenoxy) is 1. The molecule has 0 fully saturated rings. The van der Waals surface area contributed by atoms with Gasteiger partial charge in [0.05, 0.1) is 25.0 Å². The summed E-state index contributed by atoms with van der Waals surface area (Å²) in [6, 6.07) is 22.6. The molecule has 0 bridgehead atoms. The van der Waals surface area contributed by atoms with Crippen molar-refractivity contribution >= 4 is 27.4 Å². The van der Waals surface area contributed by atoms with Gasteiger partial charge in [0, 0.05) is 11.1 Å². The Morgan fingerprint density at radius 3 is 2.24 bits per heavy atom. The first kappa shape index (κ1) is 24.0. The number of carbonyl (C=O) groups excluding carboxylic acids is 2. The predicted octanol–water partition coefficient (Wildman–Crippen LogP) is 3.66. The second kappa shape index (κ2) is 10.8. The molecule has 1 amide bonds. The van der Waals surface area contributed by atoms with Gasteiger partial charge >= 0.3 is 0 Å². The quantitative estimate of drug-likeness (QED) is 0.364. The Balaban J connectivity index is 1.62. The Labute approximate surface area is 194 Å². The van der Waals surface area contributed by atoms with Crippen LogP contribution in [0.5, 0.6) is 5.75 Å². The largest absolute Gasteiger partial charge is 0.492 e. The molecule has 0 aliphatic carbocycles. The molecule has 3 aromatic carbocycles. The minimum absolute atomic E-state index is 0.0764. The van der Waals surface area contributed by atoms with E-state index in [4.69, 9.17) is 4.74 Å². The number of benzene rings is 3. The summed E-state index contributed by atoms with van der Waals surface area (Å²) in [5.74, 6) is 0.350. The standard InChI is InChI=1S/C25H26N2O5S/c1-19(28)22-7-6-8-23(17-22)27(33(2,30)31)18-20-11-13-21(14-12-20)25(29)26-15-16-32-24-9-4-3-5-10-24/h3-14,17H,15-16,18H2,1-2H3,(H,26,29). The van der Waals surface area contributed by atoms with E-state index in [1.165, 1.54) is 11.2 Å². The van der Waals surface area contributed by atoms with Crippen molar-refractivity contribution in [1.82, 2.24) is 5.32 Å². The first-order valence-corrected chi connectivity index (χ1v) is 12.2. The number of sulfonamides is 1. The summed E-state index contributed by atoms with van der Waals surface area (Å²) in [7, 11) is -3.59. The van der Waals surface area contributed by atoms with Crippen molar-refractivity contribution in [1.29, 1.82) is 0 Å². The summed E-state index contributed by atoms with van der Waals surface area (Å²) in [5, 5.41) is 2.79. The fourth-order valence-electron chi connectivity index (χ4n) is 3.16. The number of nitrogens with zero attached hydrogens (tertiary/aromatic N) is 1. The lowest BCUT2D eigenvalue weighted by Crippen LogP contribution is -2.30. The van der Waals surface area contributed by atoms with Crippen LogP contribution in [0.15, 0.2) is 78.9 Å². The second-order valence-corrected chi connectivity index (χ2v) is 9.40. The number of amides is 1. The van der Waals surface area contributed by atoms with Crippen LogP contribution < -0.4 is 14.4 Å². The van der Waals surface area contributed by atoms with Crippen molar-refractivity contribution in [3.05, 3.63) is 95.6 Å². The molecule has 8 heteroatoms. The number of ketones is 1. The molecule has 0 heterocycles. The molecule has 0 unspecified atom stereocenters. The number of para-hydroxylation sites is 1. The van der Waals surface area contributed by atoms with Crippen molar-refractivity contribution in [2.75, 3.05) is 23.7 Å². The summed E-state index contributed by atoms with van der Waals surface area (Å²) >= 11 is 0. The van der Waals surface area contributed by atoms with Gasteiger partial charge in [-0.3, -0.25) is 13.9 Å². The van der Waals surface area contributed by atoms with Crippen molar-refractivity contribution in [3.63, 3.8) is 0 Å². The molecule has 7 nitrogen and oxygen atoms in total. The van der Waals surface area contributed by atoms with E-state index in [9.17, 15) is 18.0 Å². The molecule has 0 aliphatic rings. The fourth-order valence-corrected chi connectivity index (χ4v) is 4.04. The number of anilines is 1. The number of hydrogen-bond donors (Lipinski definition) is 1. The van der Waals surface area contributed by atoms with E-state index < -0.39 is 10.0 Å². The normalized spacial score (nSPS) is 11.0. The number of Topliss-reactive ketones (excluding diaryl/α,β-unsaturated/α-hetero) is 1. The number of hydrogen-bond acceptors (Lipinski definition) is 5. The second-order valence-electron chi connectivity index (χ2n) is 7.49. The Morgan fingerprint density at radius 1 is 0.909 bits per heavy atom. The van der Waals surface area contributed by atoms with Gasteiger partial charge in [0.1, 0.15) is 12.4 Å². The van der Waals surface area contributed by atoms with E-state index in [2.05, 4.69) is 5.32 Å². The third kappa shape index (κ3) is 6.92. The molecule has 3 aromatic rings. The van der Waals surface area contributed by atoms with E-state index in [-0.39, 0.29) is 18.2 Å². The van der Waals surface area contributed by atoms with Gasteiger partial charge < -0.3 is 10.1 Å². The van der Waals surface area contributed by atoms with E-state index >= 15 is 0 Å². The SMILES string of the molecule is CC(=O)c1cccc(N(Cc2ccc(C(=O)NCCOc3ccccc3)cc2)S(C)(=O)=O)c1. The summed E-state index contributed by atoms with van der Waals surface area (Å²) < 4.78 is 31.6. The first-order chi connectivity index (χ1) is 15.7. The minimum Gasteiger partial charge on any atom is -0.492 e. The highest BCUT2D eigenvalue weighted by Gasteiger charge is 2.19. The van der Waals surface area contributed by atoms with Crippen molar-refractivity contribution in [2.45, 2.75) is 13.5 Å². The van der Waals surface area contributed by atoms with Gasteiger partial charge in [-0.25, -0.2) is 8.42 Å². The van der Waals surface area contributed by atoms with Crippen LogP contribution in [0.25, 0.3) is 0 Å². The highest BCUT2D eigenvalue weighted by molar-refractivity contribution is 7.92. The monoisotopic (exact) mass is 466 g/mol. The van der Waals surface area contributed by atoms with Crippen molar-refractivity contribution < 1.29 is 22.7 Å². The van der Waals surface area contributed by atoms with Gasteiger partial charge in [-0.2, -0.15) is 0 Å². The average molecular weight is 467 g/mol. The molecule has 3 rings (SSSR count). The zero-order chi connectivity index (χ0) is 23.8. The van der Waals surface area contributed by atoms with E-state index in [0.29, 0.717) is 35.5 Å². The van der Waals surface area contributed by atoms with E-state index in [1.807, 2.05) is 30.3 Å². The lowest BCUT2D eigenvalue weighted by molar-refractivity contribution is 0.0946. The molecule has 0 aromatic heterocycles. The lowest BCUT2D eigenvalue weighted by Gasteiger charge is -2.23. The number of carbonyl (C=O) groups is 2. The van der Waals surface area contributed by atoms with Crippen LogP contribution in [-0.4, -0.2) is 39.5 Å². The Kier molecular flexibility index (Phi) is 7.84. The predicted molar refractivity (Wildman–Crippen MR) is 128 cm³/mol. The smallest absolute Gasteiger partial charge is 0.251 e. The maximum Gasteiger partial charge on any atom is 0.251 e. The molecule has 0 saturated heterocycles. The third-order valence-corrected chi connectivity index (χ3v) is 6.02. The average Bonchev–Trinajstić information content (AvgIpc) is 2.80. The van der Waals surface area contributed by atoms with E-state index in [1.54, 1.807) is 48.5 Å². The Bertz CT molecular complexity index is 1210. The molecule has 0 saturated carbocycles. The van der Waals surface area contributed by atoms with Crippen LogP contribution in [0.1, 0.15) is 33.2 Å². The molecule has 0 radical (unpaired) electrons. The van der Waals surface area contributed by atoms with Crippen LogP contribution >= 0.6 is 0 Å². The fraction of sp³-hybridized carbons (Fsp3) is 0.200. The number of nitrogens with one attached hydrogen (secondary N) is 1. The van der Waals surface area contributed by atoms with Gasteiger partial charge in [0.2, 0.25) is 10.0 Å². The van der Waals surface area contributed by atoms with Crippen LogP contribution in [0.3, 0.4) is 0 Å². The highest BCUT2D eigenvalue weighted by atomic mass is 32.2. The van der Waals surface area contributed by atoms with Gasteiger partial charge in [0.15, 0.2) is 5.78 Å². The Hall–Kier alpha value is -3.65. The van der Waals surface area contributed by atoms with E-state index in [0.717, 1.165) is 12.0 Å². The van der Waals surface area contributed by atoms with Crippen LogP contribution in [0, 0.1) is 0 Å². The zero-order valence-electron chi connectivity index (χ0n) is 18.5. The molecule has 0 atom stereocenters. The molecule has 0 spiro atoms. The van der Waals surface area contributed by atoms with Gasteiger partial charge in [-0.15, -0.1) is 0 Å². The molecule has 33 heavy (non-hydrogen) atoms. The molecule has 0 aliphatic heterocycles. The Morgan fingerprint density at radius 2 is 1.61 bits per heavy atom. The molecule has 1 N–H and O–H groups in total. The van der Waals surface area contributed by atoms with Crippen LogP contribution in [0.4, 0.5) is 5.69 Å². The maximum absolute atomic E-state index is 12.4. The van der Waals surface area contributed by atoms with Crippen molar-refractivity contribution in [3.8, 4) is 5.75 Å². The van der Waals surface area contributed by atoms with Gasteiger partial charge in [-0.05, 0) is 48.9 Å². The summed E-state index contributed by atoms with van der Waals surface area (Å²) in [5.41, 5.74) is 2.01. The summed E-state index contributed by atoms with van der Waals surface area (Å²) in [6.07, 6.45) is 1.12. The van der Waals surface area contributed by atoms with Gasteiger partial charge in [-0.1, -0.05) is 42.5 Å². The van der Waals surface area contributed by atoms with Crippen molar-refractivity contribution in [2.24, 2.45) is 0 Å². The molecule has 172 valence electrons. The van der Waals surface area contributed by atoms with Crippen LogP contribution in [-0.2, 0) is 16.6 Å². The third-order valence-electron chi connectivity index (χ3n) is 4.88. The minimum atomic E-state index is -3.59. The van der Waals surface area contributed by atoms with Crippen LogP contribution in [0.2, 0.25) is 0 Å². The molecular weight excluding hydrogens is 440 g/mol. The highest BCUT2D eigenvalue weighted by Crippen LogP contribution is 2.22. The maximum atomic E-state index is 12.4. The van der Waals surface area contributed by atoms with Gasteiger partial charge in [0.25, 0.3) is 5.91 Å². The number of rotatable bonds is 10.